The number of hydrogen-bond acceptors (Lipinski definition) is 7. The number of ketones is 1. The molecule has 2 amide bonds. The molecule has 0 spiro atoms. The number of methoxy groups -OCH3 is 1. The van der Waals surface area contributed by atoms with E-state index in [0.717, 1.165) is 0 Å². The minimum Gasteiger partial charge on any atom is -0.508 e. The number of hydrogen-bond donors (Lipinski definition) is 4. The number of Topliss-reactive ketones (excluding diaryl/α,β-unsaturated/α-hetero) is 1. The van der Waals surface area contributed by atoms with E-state index >= 15 is 0 Å². The van der Waals surface area contributed by atoms with Gasteiger partial charge in [-0.25, -0.2) is 4.79 Å². The summed E-state index contributed by atoms with van der Waals surface area (Å²) in [6, 6.07) is 19.7. The van der Waals surface area contributed by atoms with E-state index in [4.69, 9.17) is 15.2 Å². The molecule has 9 nitrogen and oxygen atoms in total. The van der Waals surface area contributed by atoms with Gasteiger partial charge in [0.25, 0.3) is 0 Å². The molecule has 5 N–H and O–H groups in total. The van der Waals surface area contributed by atoms with Crippen LogP contribution in [0.5, 0.6) is 5.75 Å². The van der Waals surface area contributed by atoms with Crippen LogP contribution in [-0.4, -0.2) is 36.1 Å². The molecule has 0 unspecified atom stereocenters. The SMILES string of the molecule is CO[C@H](CC/C=C/C(=O)Nc1ccccc1N)[C@H](OC(=O)Nc1ccc(C(C)=O)cc1)c1ccc(O)cc1. The molecule has 0 saturated carbocycles. The highest BCUT2D eigenvalue weighted by Gasteiger charge is 2.27. The van der Waals surface area contributed by atoms with Gasteiger partial charge < -0.3 is 25.6 Å². The second kappa shape index (κ2) is 13.6. The summed E-state index contributed by atoms with van der Waals surface area (Å²) in [5.41, 5.74) is 8.47. The van der Waals surface area contributed by atoms with Gasteiger partial charge in [0.2, 0.25) is 5.91 Å². The minimum absolute atomic E-state index is 0.0736. The Balaban J connectivity index is 1.65. The Hall–Kier alpha value is -4.63. The third-order valence-electron chi connectivity index (χ3n) is 5.74. The molecule has 0 aliphatic carbocycles. The van der Waals surface area contributed by atoms with Crippen LogP contribution >= 0.6 is 0 Å². The molecule has 9 heteroatoms. The molecule has 0 aliphatic rings. The van der Waals surface area contributed by atoms with Crippen LogP contribution in [0, 0.1) is 0 Å². The summed E-state index contributed by atoms with van der Waals surface area (Å²) in [7, 11) is 1.51. The Labute approximate surface area is 221 Å². The number of rotatable bonds is 11. The van der Waals surface area contributed by atoms with Crippen LogP contribution < -0.4 is 16.4 Å². The van der Waals surface area contributed by atoms with Crippen molar-refractivity contribution in [2.75, 3.05) is 23.5 Å². The zero-order chi connectivity index (χ0) is 27.5. The Kier molecular flexibility index (Phi) is 10.0. The maximum absolute atomic E-state index is 12.7. The average Bonchev–Trinajstić information content (AvgIpc) is 2.90. The van der Waals surface area contributed by atoms with E-state index in [0.29, 0.717) is 41.0 Å². The number of nitrogen functional groups attached to an aromatic ring is 1. The number of aromatic hydroxyl groups is 1. The van der Waals surface area contributed by atoms with Gasteiger partial charge >= 0.3 is 6.09 Å². The van der Waals surface area contributed by atoms with Crippen LogP contribution in [0.1, 0.15) is 41.8 Å². The van der Waals surface area contributed by atoms with Gasteiger partial charge in [0.15, 0.2) is 11.9 Å². The van der Waals surface area contributed by atoms with Gasteiger partial charge in [-0.2, -0.15) is 0 Å². The summed E-state index contributed by atoms with van der Waals surface area (Å²) in [6.07, 6.45) is 1.93. The molecule has 38 heavy (non-hydrogen) atoms. The van der Waals surface area contributed by atoms with Gasteiger partial charge in [0.05, 0.1) is 17.5 Å². The second-order valence-electron chi connectivity index (χ2n) is 8.51. The van der Waals surface area contributed by atoms with Gasteiger partial charge in [0, 0.05) is 18.4 Å². The highest BCUT2D eigenvalue weighted by atomic mass is 16.6. The van der Waals surface area contributed by atoms with Crippen LogP contribution in [0.15, 0.2) is 84.9 Å². The molecule has 3 aromatic rings. The number of amides is 2. The minimum atomic E-state index is -0.802. The van der Waals surface area contributed by atoms with E-state index in [9.17, 15) is 19.5 Å². The molecule has 198 valence electrons. The van der Waals surface area contributed by atoms with Crippen molar-refractivity contribution in [1.82, 2.24) is 0 Å². The number of carbonyl (C=O) groups excluding carboxylic acids is 3. The van der Waals surface area contributed by atoms with Crippen molar-refractivity contribution in [2.24, 2.45) is 0 Å². The van der Waals surface area contributed by atoms with E-state index in [-0.39, 0.29) is 17.4 Å². The lowest BCUT2D eigenvalue weighted by molar-refractivity contribution is -0.111. The second-order valence-corrected chi connectivity index (χ2v) is 8.51. The number of phenols is 1. The fourth-order valence-corrected chi connectivity index (χ4v) is 3.70. The predicted octanol–water partition coefficient (Wildman–Crippen LogP) is 5.46. The molecule has 3 rings (SSSR count). The Morgan fingerprint density at radius 1 is 0.974 bits per heavy atom. The van der Waals surface area contributed by atoms with Crippen LogP contribution in [0.25, 0.3) is 0 Å². The normalized spacial score (nSPS) is 12.5. The maximum atomic E-state index is 12.7. The van der Waals surface area contributed by atoms with Gasteiger partial charge in [-0.05, 0) is 79.9 Å². The first-order valence-electron chi connectivity index (χ1n) is 12.0. The van der Waals surface area contributed by atoms with Crippen molar-refractivity contribution in [1.29, 1.82) is 0 Å². The monoisotopic (exact) mass is 517 g/mol. The molecule has 0 fully saturated rings. The van der Waals surface area contributed by atoms with Crippen LogP contribution in [-0.2, 0) is 14.3 Å². The van der Waals surface area contributed by atoms with Crippen molar-refractivity contribution in [3.05, 3.63) is 96.1 Å². The third kappa shape index (κ3) is 8.21. The van der Waals surface area contributed by atoms with Crippen LogP contribution in [0.4, 0.5) is 21.9 Å². The van der Waals surface area contributed by atoms with E-state index in [2.05, 4.69) is 10.6 Å². The average molecular weight is 518 g/mol. The summed E-state index contributed by atoms with van der Waals surface area (Å²) in [5, 5.41) is 15.1. The molecule has 0 aromatic heterocycles. The summed E-state index contributed by atoms with van der Waals surface area (Å²) >= 11 is 0. The van der Waals surface area contributed by atoms with E-state index in [1.165, 1.54) is 32.2 Å². The van der Waals surface area contributed by atoms with E-state index in [1.807, 2.05) is 0 Å². The molecule has 3 aromatic carbocycles. The number of phenolic OH excluding ortho intramolecular Hbond substituents is 1. The standard InChI is InChI=1S/C29H31N3O6/c1-19(33)20-11-15-22(16-12-20)31-29(36)38-28(21-13-17-23(34)18-14-21)26(37-2)9-5-6-10-27(35)32-25-8-4-3-7-24(25)30/h3-4,6-8,10-18,26,28,34H,5,9,30H2,1-2H3,(H,31,36)(H,32,35)/b10-6+/t26-,28-/m1/s1. The first-order valence-corrected chi connectivity index (χ1v) is 12.0. The fourth-order valence-electron chi connectivity index (χ4n) is 3.70. The Morgan fingerprint density at radius 3 is 2.29 bits per heavy atom. The van der Waals surface area contributed by atoms with E-state index < -0.39 is 18.3 Å². The molecule has 0 aliphatic heterocycles. The molecule has 0 saturated heterocycles. The van der Waals surface area contributed by atoms with Crippen molar-refractivity contribution in [3.63, 3.8) is 0 Å². The first-order chi connectivity index (χ1) is 18.3. The number of nitrogens with two attached hydrogens (primary N) is 1. The number of benzene rings is 3. The highest BCUT2D eigenvalue weighted by molar-refractivity contribution is 6.01. The lowest BCUT2D eigenvalue weighted by atomic mass is 10.00. The summed E-state index contributed by atoms with van der Waals surface area (Å²) in [4.78, 5) is 36.5. The first kappa shape index (κ1) is 27.9. The highest BCUT2D eigenvalue weighted by Crippen LogP contribution is 2.28. The molecule has 0 heterocycles. The maximum Gasteiger partial charge on any atom is 0.412 e. The molecule has 0 bridgehead atoms. The Morgan fingerprint density at radius 2 is 1.66 bits per heavy atom. The van der Waals surface area contributed by atoms with Crippen molar-refractivity contribution < 1.29 is 29.0 Å². The topological polar surface area (TPSA) is 140 Å². The number of anilines is 3. The van der Waals surface area contributed by atoms with Crippen molar-refractivity contribution in [3.8, 4) is 5.75 Å². The molecule has 0 radical (unpaired) electrons. The summed E-state index contributed by atoms with van der Waals surface area (Å²) in [6.45, 7) is 1.46. The molecular weight excluding hydrogens is 486 g/mol. The van der Waals surface area contributed by atoms with Crippen LogP contribution in [0.3, 0.4) is 0 Å². The van der Waals surface area contributed by atoms with Gasteiger partial charge in [0.1, 0.15) is 5.75 Å². The number of carbonyl (C=O) groups is 3. The van der Waals surface area contributed by atoms with Gasteiger partial charge in [-0.1, -0.05) is 30.3 Å². The largest absolute Gasteiger partial charge is 0.508 e. The predicted molar refractivity (Wildman–Crippen MR) is 146 cm³/mol. The summed E-state index contributed by atoms with van der Waals surface area (Å²) < 4.78 is 11.4. The van der Waals surface area contributed by atoms with Crippen molar-refractivity contribution in [2.45, 2.75) is 32.0 Å². The molecular formula is C29H31N3O6. The van der Waals surface area contributed by atoms with E-state index in [1.54, 1.807) is 66.7 Å². The van der Waals surface area contributed by atoms with Gasteiger partial charge in [-0.3, -0.25) is 14.9 Å². The number of ether oxygens (including phenoxy) is 2. The van der Waals surface area contributed by atoms with Gasteiger partial charge in [-0.15, -0.1) is 0 Å². The zero-order valence-corrected chi connectivity index (χ0v) is 21.2. The fraction of sp³-hybridized carbons (Fsp3) is 0.207. The third-order valence-corrected chi connectivity index (χ3v) is 5.74. The van der Waals surface area contributed by atoms with Crippen molar-refractivity contribution >= 4 is 34.8 Å². The smallest absolute Gasteiger partial charge is 0.412 e. The molecule has 2 atom stereocenters. The zero-order valence-electron chi connectivity index (χ0n) is 21.2. The summed E-state index contributed by atoms with van der Waals surface area (Å²) in [5.74, 6) is -0.326. The lowest BCUT2D eigenvalue weighted by Crippen LogP contribution is -2.28. The quantitative estimate of drug-likeness (QED) is 0.150. The number of allylic oxidation sites excluding steroid dienone is 1. The Bertz CT molecular complexity index is 1270. The van der Waals surface area contributed by atoms with Crippen LogP contribution in [0.2, 0.25) is 0 Å². The lowest BCUT2D eigenvalue weighted by Gasteiger charge is -2.26. The number of para-hydroxylation sites is 2. The number of nitrogens with one attached hydrogen (secondary N) is 2.